The van der Waals surface area contributed by atoms with E-state index in [0.29, 0.717) is 24.5 Å². The summed E-state index contributed by atoms with van der Waals surface area (Å²) < 4.78 is 58.5. The molecule has 0 radical (unpaired) electrons. The SMILES string of the molecule is CCN(CC)CCc1cnc2n1-c1c(cccc1C(F)(F)F)C(c1ccccc1F)=NC2. The number of fused-ring (bicyclic) bond motifs is 3. The monoisotopic (exact) mass is 444 g/mol. The summed E-state index contributed by atoms with van der Waals surface area (Å²) in [6.45, 7) is 6.55. The number of hydrogen-bond acceptors (Lipinski definition) is 3. The van der Waals surface area contributed by atoms with Crippen molar-refractivity contribution in [2.75, 3.05) is 19.6 Å². The Morgan fingerprint density at radius 2 is 1.72 bits per heavy atom. The molecule has 168 valence electrons. The lowest BCUT2D eigenvalue weighted by Crippen LogP contribution is -2.26. The number of aliphatic imine (C=N–C) groups is 1. The molecule has 0 bridgehead atoms. The predicted octanol–water partition coefficient (Wildman–Crippen LogP) is 5.27. The number of imidazole rings is 1. The first-order valence-corrected chi connectivity index (χ1v) is 10.6. The molecule has 1 aliphatic heterocycles. The summed E-state index contributed by atoms with van der Waals surface area (Å²) in [5.74, 6) is -0.125. The van der Waals surface area contributed by atoms with E-state index in [1.807, 2.05) is 13.8 Å². The van der Waals surface area contributed by atoms with Crippen LogP contribution in [0.1, 0.15) is 42.1 Å². The van der Waals surface area contributed by atoms with Crippen LogP contribution in [0, 0.1) is 5.82 Å². The number of hydrogen-bond donors (Lipinski definition) is 0. The topological polar surface area (TPSA) is 33.4 Å². The summed E-state index contributed by atoms with van der Waals surface area (Å²) in [7, 11) is 0. The van der Waals surface area contributed by atoms with Crippen molar-refractivity contribution in [3.8, 4) is 5.69 Å². The van der Waals surface area contributed by atoms with Gasteiger partial charge in [0.05, 0.1) is 23.5 Å². The molecule has 1 aromatic heterocycles. The minimum absolute atomic E-state index is 0.0402. The normalized spacial score (nSPS) is 13.5. The van der Waals surface area contributed by atoms with Crippen molar-refractivity contribution in [3.05, 3.63) is 82.7 Å². The standard InChI is InChI=1S/C24H24F4N4/c1-3-31(4-2)13-12-16-14-29-21-15-30-22(17-8-5-6-11-20(17)25)18-9-7-10-19(24(26,27)28)23(18)32(16)21/h5-11,14H,3-4,12-13,15H2,1-2H3. The largest absolute Gasteiger partial charge is 0.418 e. The van der Waals surface area contributed by atoms with Gasteiger partial charge in [-0.2, -0.15) is 13.2 Å². The van der Waals surface area contributed by atoms with Gasteiger partial charge in [-0.25, -0.2) is 9.37 Å². The first kappa shape index (κ1) is 22.2. The molecule has 4 rings (SSSR count). The van der Waals surface area contributed by atoms with Crippen molar-refractivity contribution in [1.29, 1.82) is 0 Å². The smallest absolute Gasteiger partial charge is 0.303 e. The minimum atomic E-state index is -4.59. The number of aromatic nitrogens is 2. The van der Waals surface area contributed by atoms with Crippen molar-refractivity contribution < 1.29 is 17.6 Å². The molecule has 0 aliphatic carbocycles. The Hall–Kier alpha value is -3.00. The van der Waals surface area contributed by atoms with Crippen LogP contribution in [-0.2, 0) is 19.1 Å². The Labute approximate surface area is 184 Å². The van der Waals surface area contributed by atoms with Crippen LogP contribution in [0.2, 0.25) is 0 Å². The van der Waals surface area contributed by atoms with Gasteiger partial charge in [0, 0.05) is 36.0 Å². The van der Waals surface area contributed by atoms with Gasteiger partial charge >= 0.3 is 6.18 Å². The van der Waals surface area contributed by atoms with Crippen LogP contribution >= 0.6 is 0 Å². The quantitative estimate of drug-likeness (QED) is 0.486. The van der Waals surface area contributed by atoms with E-state index in [-0.39, 0.29) is 29.1 Å². The average Bonchev–Trinajstić information content (AvgIpc) is 3.09. The fourth-order valence-electron chi connectivity index (χ4n) is 4.13. The van der Waals surface area contributed by atoms with E-state index >= 15 is 0 Å². The van der Waals surface area contributed by atoms with Gasteiger partial charge in [-0.05, 0) is 31.3 Å². The molecule has 0 spiro atoms. The van der Waals surface area contributed by atoms with Crippen LogP contribution in [0.25, 0.3) is 5.69 Å². The second kappa shape index (κ2) is 8.86. The molecule has 0 unspecified atom stereocenters. The highest BCUT2D eigenvalue weighted by atomic mass is 19.4. The number of nitrogens with zero attached hydrogens (tertiary/aromatic N) is 4. The molecule has 0 amide bonds. The summed E-state index contributed by atoms with van der Waals surface area (Å²) in [5.41, 5.74) is 0.458. The van der Waals surface area contributed by atoms with E-state index in [1.165, 1.54) is 18.2 Å². The molecule has 0 saturated carbocycles. The fraction of sp³-hybridized carbons (Fsp3) is 0.333. The zero-order chi connectivity index (χ0) is 22.9. The minimum Gasteiger partial charge on any atom is -0.303 e. The number of halogens is 4. The zero-order valence-corrected chi connectivity index (χ0v) is 18.0. The van der Waals surface area contributed by atoms with Crippen molar-refractivity contribution in [1.82, 2.24) is 14.5 Å². The van der Waals surface area contributed by atoms with Crippen LogP contribution in [0.4, 0.5) is 17.6 Å². The number of alkyl halides is 3. The van der Waals surface area contributed by atoms with Crippen LogP contribution in [0.3, 0.4) is 0 Å². The first-order valence-electron chi connectivity index (χ1n) is 10.6. The Balaban J connectivity index is 1.92. The molecule has 32 heavy (non-hydrogen) atoms. The van der Waals surface area contributed by atoms with Crippen LogP contribution in [-0.4, -0.2) is 39.8 Å². The fourth-order valence-corrected chi connectivity index (χ4v) is 4.13. The lowest BCUT2D eigenvalue weighted by atomic mass is 9.97. The zero-order valence-electron chi connectivity index (χ0n) is 18.0. The van der Waals surface area contributed by atoms with Crippen LogP contribution in [0.15, 0.2) is 53.7 Å². The lowest BCUT2D eigenvalue weighted by Gasteiger charge is -2.22. The lowest BCUT2D eigenvalue weighted by molar-refractivity contribution is -0.137. The van der Waals surface area contributed by atoms with Crippen LogP contribution in [0.5, 0.6) is 0 Å². The maximum Gasteiger partial charge on any atom is 0.418 e. The van der Waals surface area contributed by atoms with E-state index in [2.05, 4.69) is 14.9 Å². The van der Waals surface area contributed by atoms with Gasteiger partial charge in [0.25, 0.3) is 0 Å². The first-order chi connectivity index (χ1) is 15.3. The van der Waals surface area contributed by atoms with Crippen molar-refractivity contribution in [3.63, 3.8) is 0 Å². The molecule has 0 saturated heterocycles. The molecule has 3 aromatic rings. The van der Waals surface area contributed by atoms with Gasteiger partial charge in [0.2, 0.25) is 0 Å². The van der Waals surface area contributed by atoms with Gasteiger partial charge in [0.1, 0.15) is 11.6 Å². The highest BCUT2D eigenvalue weighted by Gasteiger charge is 2.37. The molecule has 2 aromatic carbocycles. The molecular weight excluding hydrogens is 420 g/mol. The summed E-state index contributed by atoms with van der Waals surface area (Å²) in [4.78, 5) is 11.1. The van der Waals surface area contributed by atoms with Crippen molar-refractivity contribution in [2.24, 2.45) is 4.99 Å². The molecule has 0 fully saturated rings. The molecule has 2 heterocycles. The van der Waals surface area contributed by atoms with Gasteiger partial charge in [-0.15, -0.1) is 0 Å². The second-order valence-electron chi connectivity index (χ2n) is 7.62. The van der Waals surface area contributed by atoms with Gasteiger partial charge in [-0.1, -0.05) is 38.1 Å². The highest BCUT2D eigenvalue weighted by Crippen LogP contribution is 2.38. The number of para-hydroxylation sites is 1. The van der Waals surface area contributed by atoms with Gasteiger partial charge < -0.3 is 4.90 Å². The summed E-state index contributed by atoms with van der Waals surface area (Å²) in [6.07, 6.45) is -2.43. The van der Waals surface area contributed by atoms with E-state index in [9.17, 15) is 17.6 Å². The summed E-state index contributed by atoms with van der Waals surface area (Å²) in [5, 5.41) is 0. The van der Waals surface area contributed by atoms with Crippen molar-refractivity contribution >= 4 is 5.71 Å². The third kappa shape index (κ3) is 4.07. The molecule has 4 nitrogen and oxygen atoms in total. The molecule has 0 atom stereocenters. The number of likely N-dealkylation sites (N-methyl/N-ethyl adjacent to an activating group) is 1. The van der Waals surface area contributed by atoms with E-state index in [0.717, 1.165) is 19.2 Å². The van der Waals surface area contributed by atoms with E-state index < -0.39 is 17.6 Å². The molecule has 1 aliphatic rings. The van der Waals surface area contributed by atoms with Gasteiger partial charge in [0.15, 0.2) is 0 Å². The van der Waals surface area contributed by atoms with Crippen LogP contribution < -0.4 is 0 Å². The predicted molar refractivity (Wildman–Crippen MR) is 116 cm³/mol. The van der Waals surface area contributed by atoms with Crippen molar-refractivity contribution in [2.45, 2.75) is 33.0 Å². The molecule has 8 heteroatoms. The van der Waals surface area contributed by atoms with E-state index in [4.69, 9.17) is 0 Å². The Morgan fingerprint density at radius 3 is 2.41 bits per heavy atom. The second-order valence-corrected chi connectivity index (χ2v) is 7.62. The maximum atomic E-state index is 14.6. The Kier molecular flexibility index (Phi) is 6.15. The third-order valence-corrected chi connectivity index (χ3v) is 5.81. The molecular formula is C24H24F4N4. The van der Waals surface area contributed by atoms with Gasteiger partial charge in [-0.3, -0.25) is 9.56 Å². The maximum absolute atomic E-state index is 14.6. The third-order valence-electron chi connectivity index (χ3n) is 5.81. The summed E-state index contributed by atoms with van der Waals surface area (Å²) >= 11 is 0. The average molecular weight is 444 g/mol. The van der Waals surface area contributed by atoms with E-state index in [1.54, 1.807) is 29.0 Å². The molecule has 0 N–H and O–H groups in total. The highest BCUT2D eigenvalue weighted by molar-refractivity contribution is 6.15. The Morgan fingerprint density at radius 1 is 1.00 bits per heavy atom. The number of benzene rings is 2. The number of rotatable bonds is 6. The summed E-state index contributed by atoms with van der Waals surface area (Å²) in [6, 6.07) is 9.97. The Bertz CT molecular complexity index is 1140.